The molecular weight excluding hydrogens is 802 g/mol. The molecule has 12 nitrogen and oxygen atoms in total. The molecule has 4 aromatic rings. The Labute approximate surface area is 342 Å². The zero-order valence-electron chi connectivity index (χ0n) is 33.1. The minimum atomic E-state index is -3.05. The molecule has 0 radical (unpaired) electrons. The van der Waals surface area contributed by atoms with Gasteiger partial charge in [0.25, 0.3) is 6.43 Å². The number of hydrogen-bond donors (Lipinski definition) is 1. The van der Waals surface area contributed by atoms with Crippen molar-refractivity contribution in [1.29, 1.82) is 0 Å². The van der Waals surface area contributed by atoms with Gasteiger partial charge in [0.15, 0.2) is 5.13 Å². The number of benzene rings is 2. The number of nitrogens with one attached hydrogen (secondary N) is 1. The predicted molar refractivity (Wildman–Crippen MR) is 214 cm³/mol. The van der Waals surface area contributed by atoms with Crippen molar-refractivity contribution in [2.45, 2.75) is 115 Å². The molecule has 2 aromatic carbocycles. The van der Waals surface area contributed by atoms with E-state index in [1.54, 1.807) is 25.7 Å². The second-order valence-electron chi connectivity index (χ2n) is 17.6. The van der Waals surface area contributed by atoms with E-state index in [1.165, 1.54) is 12.1 Å². The lowest BCUT2D eigenvalue weighted by molar-refractivity contribution is 0.0122. The van der Waals surface area contributed by atoms with Gasteiger partial charge < -0.3 is 19.1 Å². The van der Waals surface area contributed by atoms with Crippen molar-refractivity contribution < 1.29 is 41.4 Å². The van der Waals surface area contributed by atoms with E-state index in [9.17, 15) is 14.0 Å². The first-order valence-electron chi connectivity index (χ1n) is 19.5. The molecule has 6 heterocycles. The molecule has 2 aromatic heterocycles. The molecule has 58 heavy (non-hydrogen) atoms. The van der Waals surface area contributed by atoms with Crippen LogP contribution < -0.4 is 15.0 Å². The predicted octanol–water partition coefficient (Wildman–Crippen LogP) is 9.53. The molecule has 4 aliphatic rings. The number of carbonyl (C=O) groups excluding carboxylic acids is 2. The van der Waals surface area contributed by atoms with Crippen LogP contribution in [0.15, 0.2) is 18.2 Å². The third-order valence-corrected chi connectivity index (χ3v) is 12.5. The highest BCUT2D eigenvalue weighted by Gasteiger charge is 2.50. The molecule has 0 saturated carbocycles. The van der Waals surface area contributed by atoms with Gasteiger partial charge in [0.05, 0.1) is 38.4 Å². The molecule has 2 bridgehead atoms. The van der Waals surface area contributed by atoms with Gasteiger partial charge in [-0.05, 0) is 92.0 Å². The van der Waals surface area contributed by atoms with E-state index in [4.69, 9.17) is 35.8 Å². The summed E-state index contributed by atoms with van der Waals surface area (Å²) in [5.74, 6) is -0.374. The fourth-order valence-corrected chi connectivity index (χ4v) is 10.2. The van der Waals surface area contributed by atoms with Crippen LogP contribution in [0.4, 0.5) is 38.1 Å². The average Bonchev–Trinajstić information content (AvgIpc) is 3.86. The molecule has 312 valence electrons. The van der Waals surface area contributed by atoms with Crippen LogP contribution in [-0.4, -0.2) is 105 Å². The lowest BCUT2D eigenvalue weighted by atomic mass is 9.95. The summed E-state index contributed by atoms with van der Waals surface area (Å²) in [6.45, 7) is 12.3. The molecule has 18 heteroatoms. The van der Waals surface area contributed by atoms with Gasteiger partial charge in [-0.25, -0.2) is 32.1 Å². The summed E-state index contributed by atoms with van der Waals surface area (Å²) in [5, 5.41) is 2.58. The number of hydrogen-bond acceptors (Lipinski definition) is 11. The van der Waals surface area contributed by atoms with Crippen molar-refractivity contribution >= 4 is 67.2 Å². The Hall–Kier alpha value is -4.22. The van der Waals surface area contributed by atoms with E-state index in [0.29, 0.717) is 44.7 Å². The van der Waals surface area contributed by atoms with Gasteiger partial charge in [-0.15, -0.1) is 0 Å². The number of rotatable bonds is 7. The SMILES string of the molecule is CC(C)(C)OC(=O)Nc1nc2c(-c3c(C(F)F)cc4c(N5C[C@H]6CC[C@@H](C5)N6C(=O)OC(C)(C)C)nc(OC[C@@]56CCCN5C[C@H](F)C6)nc4c3Cl)ccc(F)c2s1. The Balaban J connectivity index is 1.24. The molecule has 8 rings (SSSR count). The average molecular weight is 848 g/mol. The minimum absolute atomic E-state index is 0.00207. The van der Waals surface area contributed by atoms with Crippen molar-refractivity contribution in [3.8, 4) is 17.1 Å². The largest absolute Gasteiger partial charge is 0.461 e. The van der Waals surface area contributed by atoms with Gasteiger partial charge in [0.1, 0.15) is 35.6 Å². The minimum Gasteiger partial charge on any atom is -0.461 e. The van der Waals surface area contributed by atoms with Gasteiger partial charge in [0.2, 0.25) is 0 Å². The van der Waals surface area contributed by atoms with Gasteiger partial charge in [0, 0.05) is 48.1 Å². The van der Waals surface area contributed by atoms with Crippen molar-refractivity contribution in [2.75, 3.05) is 43.0 Å². The van der Waals surface area contributed by atoms with Crippen LogP contribution in [0.2, 0.25) is 5.02 Å². The van der Waals surface area contributed by atoms with Crippen LogP contribution in [0.25, 0.3) is 32.2 Å². The third kappa shape index (κ3) is 7.69. The number of thiazole rings is 1. The zero-order chi connectivity index (χ0) is 41.5. The van der Waals surface area contributed by atoms with E-state index in [-0.39, 0.29) is 67.1 Å². The lowest BCUT2D eigenvalue weighted by Gasteiger charge is -2.42. The summed E-state index contributed by atoms with van der Waals surface area (Å²) in [6.07, 6.45) is -1.90. The number of aromatic nitrogens is 3. The van der Waals surface area contributed by atoms with Gasteiger partial charge in [-0.1, -0.05) is 22.9 Å². The fraction of sp³-hybridized carbons (Fsp3) is 0.575. The zero-order valence-corrected chi connectivity index (χ0v) is 34.7. The molecular formula is C40H46ClF4N7O5S. The normalized spacial score (nSPS) is 23.6. The van der Waals surface area contributed by atoms with Crippen LogP contribution in [0, 0.1) is 5.82 Å². The maximum Gasteiger partial charge on any atom is 0.413 e. The first kappa shape index (κ1) is 40.6. The first-order valence-corrected chi connectivity index (χ1v) is 20.7. The molecule has 0 spiro atoms. The highest BCUT2D eigenvalue weighted by molar-refractivity contribution is 7.22. The second-order valence-corrected chi connectivity index (χ2v) is 19.0. The van der Waals surface area contributed by atoms with Gasteiger partial charge in [-0.2, -0.15) is 9.97 Å². The van der Waals surface area contributed by atoms with Gasteiger partial charge >= 0.3 is 18.2 Å². The number of nitrogens with zero attached hydrogens (tertiary/aromatic N) is 6. The summed E-state index contributed by atoms with van der Waals surface area (Å²) >= 11 is 8.03. The number of ether oxygens (including phenoxy) is 3. The van der Waals surface area contributed by atoms with E-state index in [1.807, 2.05) is 25.7 Å². The van der Waals surface area contributed by atoms with Crippen LogP contribution >= 0.6 is 22.9 Å². The monoisotopic (exact) mass is 847 g/mol. The van der Waals surface area contributed by atoms with Crippen molar-refractivity contribution in [3.63, 3.8) is 0 Å². The first-order chi connectivity index (χ1) is 27.3. The third-order valence-electron chi connectivity index (χ3n) is 11.1. The van der Waals surface area contributed by atoms with E-state index >= 15 is 13.2 Å². The molecule has 0 unspecified atom stereocenters. The maximum absolute atomic E-state index is 15.4. The summed E-state index contributed by atoms with van der Waals surface area (Å²) in [4.78, 5) is 45.7. The fourth-order valence-electron chi connectivity index (χ4n) is 8.92. The molecule has 4 fully saturated rings. The molecule has 2 amide bonds. The van der Waals surface area contributed by atoms with Crippen molar-refractivity contribution in [2.24, 2.45) is 0 Å². The lowest BCUT2D eigenvalue weighted by Crippen LogP contribution is -2.57. The summed E-state index contributed by atoms with van der Waals surface area (Å²) < 4.78 is 78.2. The van der Waals surface area contributed by atoms with Crippen LogP contribution in [0.5, 0.6) is 6.01 Å². The number of carbonyl (C=O) groups is 2. The molecule has 4 atom stereocenters. The Bertz CT molecular complexity index is 2270. The van der Waals surface area contributed by atoms with Gasteiger partial charge in [-0.3, -0.25) is 15.1 Å². The van der Waals surface area contributed by atoms with Crippen LogP contribution in [0.1, 0.15) is 85.6 Å². The topological polar surface area (TPSA) is 122 Å². The van der Waals surface area contributed by atoms with E-state index in [2.05, 4.69) is 15.2 Å². The highest BCUT2D eigenvalue weighted by Crippen LogP contribution is 2.48. The number of amides is 2. The van der Waals surface area contributed by atoms with E-state index in [0.717, 1.165) is 36.8 Å². The summed E-state index contributed by atoms with van der Waals surface area (Å²) in [6, 6.07) is 3.22. The number of anilines is 2. The van der Waals surface area contributed by atoms with Crippen LogP contribution in [-0.2, 0) is 9.47 Å². The van der Waals surface area contributed by atoms with Crippen molar-refractivity contribution in [3.05, 3.63) is 34.6 Å². The number of halogens is 5. The Morgan fingerprint density at radius 2 is 1.72 bits per heavy atom. The van der Waals surface area contributed by atoms with E-state index < -0.39 is 52.9 Å². The van der Waals surface area contributed by atoms with Crippen LogP contribution in [0.3, 0.4) is 0 Å². The Morgan fingerprint density at radius 1 is 1.02 bits per heavy atom. The molecule has 4 saturated heterocycles. The smallest absolute Gasteiger partial charge is 0.413 e. The van der Waals surface area contributed by atoms with Crippen molar-refractivity contribution in [1.82, 2.24) is 24.8 Å². The summed E-state index contributed by atoms with van der Waals surface area (Å²) in [7, 11) is 0. The molecule has 0 aliphatic carbocycles. The Morgan fingerprint density at radius 3 is 2.40 bits per heavy atom. The molecule has 4 aliphatic heterocycles. The highest BCUT2D eigenvalue weighted by atomic mass is 35.5. The second kappa shape index (κ2) is 14.8. The quantitative estimate of drug-likeness (QED) is 0.180. The Kier molecular flexibility index (Phi) is 10.3. The number of piperazine rings is 1. The summed E-state index contributed by atoms with van der Waals surface area (Å²) in [5.41, 5.74) is -2.41. The standard InChI is InChI=1S/C40H46ClF4N7O5S/c1-38(2,3)56-36(53)49-35-47-30-23(10-11-26(43)31(30)58-35)27-24(32(44)45)14-25-29(28(27)41)46-34(55-19-40-12-7-13-51(40)16-20(42)15-40)48-33(25)50-17-21-8-9-22(18-50)52(21)37(54)57-39(4,5)6/h10-11,14,20-22,32H,7-9,12-13,15-19H2,1-6H3,(H,47,49,53)/t20-,21-,22+,40+/m1/s1. The maximum atomic E-state index is 15.4. The number of fused-ring (bicyclic) bond motifs is 5. The molecule has 1 N–H and O–H groups in total. The number of alkyl halides is 3.